The van der Waals surface area contributed by atoms with Gasteiger partial charge in [0.2, 0.25) is 0 Å². The van der Waals surface area contributed by atoms with E-state index < -0.39 is 51.1 Å². The van der Waals surface area contributed by atoms with E-state index in [1.54, 1.807) is 0 Å². The third-order valence-corrected chi connectivity index (χ3v) is 7.69. The van der Waals surface area contributed by atoms with E-state index in [-0.39, 0.29) is 0 Å². The van der Waals surface area contributed by atoms with Crippen molar-refractivity contribution in [3.8, 4) is 12.1 Å². The Kier molecular flexibility index (Phi) is 3.63. The van der Waals surface area contributed by atoms with Gasteiger partial charge in [-0.25, -0.2) is 0 Å². The maximum Gasteiger partial charge on any atom is 0.406 e. The zero-order valence-electron chi connectivity index (χ0n) is 9.93. The van der Waals surface area contributed by atoms with Crippen LogP contribution in [0.3, 0.4) is 0 Å². The zero-order valence-corrected chi connectivity index (χ0v) is 13.1. The third-order valence-electron chi connectivity index (χ3n) is 4.56. The van der Waals surface area contributed by atoms with Crippen molar-refractivity contribution in [3.05, 3.63) is 0 Å². The number of fused-ring (bicyclic) bond motifs is 2. The van der Waals surface area contributed by atoms with Gasteiger partial charge in [-0.15, -0.1) is 0 Å². The lowest BCUT2D eigenvalue weighted by Gasteiger charge is -2.49. The highest BCUT2D eigenvalue weighted by molar-refractivity contribution is 9.12. The van der Waals surface area contributed by atoms with Crippen LogP contribution in [-0.2, 0) is 0 Å². The van der Waals surface area contributed by atoms with Crippen molar-refractivity contribution < 1.29 is 26.3 Å². The fourth-order valence-corrected chi connectivity index (χ4v) is 5.75. The lowest BCUT2D eigenvalue weighted by molar-refractivity contribution is -0.375. The molecular weight excluding hydrogens is 434 g/mol. The molecule has 0 radical (unpaired) electrons. The third kappa shape index (κ3) is 1.64. The van der Waals surface area contributed by atoms with E-state index in [9.17, 15) is 26.3 Å². The second kappa shape index (κ2) is 4.51. The monoisotopic (exact) mass is 438 g/mol. The molecule has 2 aliphatic rings. The molecule has 2 rings (SSSR count). The summed E-state index contributed by atoms with van der Waals surface area (Å²) in [6.07, 6.45) is -12.0. The maximum absolute atomic E-state index is 13.5. The van der Waals surface area contributed by atoms with Crippen LogP contribution in [0.2, 0.25) is 0 Å². The normalized spacial score (nSPS) is 37.0. The predicted molar refractivity (Wildman–Crippen MR) is 65.2 cm³/mol. The van der Waals surface area contributed by atoms with Crippen molar-refractivity contribution in [1.82, 2.24) is 0 Å². The number of nitriles is 2. The minimum absolute atomic E-state index is 0.494. The summed E-state index contributed by atoms with van der Waals surface area (Å²) in [4.78, 5) is -1.93. The second-order valence-corrected chi connectivity index (χ2v) is 7.29. The van der Waals surface area contributed by atoms with Gasteiger partial charge in [-0.3, -0.25) is 0 Å². The van der Waals surface area contributed by atoms with E-state index in [4.69, 9.17) is 10.5 Å². The summed E-state index contributed by atoms with van der Waals surface area (Å²) in [6.45, 7) is 0. The molecule has 0 aromatic rings. The van der Waals surface area contributed by atoms with Crippen molar-refractivity contribution in [2.75, 3.05) is 0 Å². The number of nitrogens with zero attached hydrogens (tertiary/aromatic N) is 2. The van der Waals surface area contributed by atoms with Crippen LogP contribution in [0.1, 0.15) is 6.42 Å². The molecule has 0 N–H and O–H groups in total. The average molecular weight is 440 g/mol. The lowest BCUT2D eigenvalue weighted by atomic mass is 9.56. The molecule has 0 saturated heterocycles. The fourth-order valence-electron chi connectivity index (χ4n) is 3.79. The Morgan fingerprint density at radius 2 is 1.24 bits per heavy atom. The van der Waals surface area contributed by atoms with Crippen molar-refractivity contribution >= 4 is 31.9 Å². The van der Waals surface area contributed by atoms with Gasteiger partial charge < -0.3 is 0 Å². The molecule has 0 aromatic carbocycles. The minimum atomic E-state index is -5.75. The zero-order chi connectivity index (χ0) is 16.4. The summed E-state index contributed by atoms with van der Waals surface area (Å²) < 4.78 is 80.9. The number of hydrogen-bond donors (Lipinski definition) is 0. The van der Waals surface area contributed by atoms with Crippen LogP contribution < -0.4 is 0 Å². The van der Waals surface area contributed by atoms with Crippen LogP contribution in [-0.4, -0.2) is 22.0 Å². The molecule has 2 aliphatic carbocycles. The quantitative estimate of drug-likeness (QED) is 0.417. The Bertz CT molecular complexity index is 515. The van der Waals surface area contributed by atoms with Crippen molar-refractivity contribution in [2.45, 2.75) is 28.4 Å². The molecule has 2 nitrogen and oxygen atoms in total. The standard InChI is InChI=1S/C11H6Br2F6N2/c12-6-4-1-5(7(6)13)9(10(14,15)16,11(17,18)19)8(4,2-20)3-21/h4-7H,1H2. The van der Waals surface area contributed by atoms with Crippen LogP contribution in [0.4, 0.5) is 26.3 Å². The first-order valence-electron chi connectivity index (χ1n) is 5.66. The Morgan fingerprint density at radius 1 is 0.857 bits per heavy atom. The molecule has 4 atom stereocenters. The summed E-state index contributed by atoms with van der Waals surface area (Å²) in [5.74, 6) is -3.28. The first-order chi connectivity index (χ1) is 9.42. The van der Waals surface area contributed by atoms with Crippen molar-refractivity contribution in [1.29, 1.82) is 10.5 Å². The van der Waals surface area contributed by atoms with E-state index in [1.165, 1.54) is 0 Å². The Morgan fingerprint density at radius 3 is 1.57 bits per heavy atom. The van der Waals surface area contributed by atoms with Crippen molar-refractivity contribution in [3.63, 3.8) is 0 Å². The molecular formula is C11H6Br2F6N2. The number of rotatable bonds is 0. The van der Waals surface area contributed by atoms with E-state index in [0.29, 0.717) is 0 Å². The van der Waals surface area contributed by atoms with Gasteiger partial charge in [0, 0.05) is 15.6 Å². The molecule has 2 saturated carbocycles. The SMILES string of the molecule is N#CC1(C#N)C2CC(C(Br)C2Br)C1(C(F)(F)F)C(F)(F)F. The molecule has 2 fully saturated rings. The number of hydrogen-bond acceptors (Lipinski definition) is 2. The van der Waals surface area contributed by atoms with Gasteiger partial charge >= 0.3 is 12.4 Å². The van der Waals surface area contributed by atoms with Crippen LogP contribution in [0.5, 0.6) is 0 Å². The van der Waals surface area contributed by atoms with Gasteiger partial charge in [-0.1, -0.05) is 31.9 Å². The van der Waals surface area contributed by atoms with Gasteiger partial charge in [0.1, 0.15) is 0 Å². The van der Waals surface area contributed by atoms with E-state index >= 15 is 0 Å². The highest BCUT2D eigenvalue weighted by atomic mass is 79.9. The molecule has 0 amide bonds. The van der Waals surface area contributed by atoms with Gasteiger partial charge in [0.15, 0.2) is 10.8 Å². The van der Waals surface area contributed by atoms with E-state index in [2.05, 4.69) is 31.9 Å². The number of alkyl halides is 8. The van der Waals surface area contributed by atoms with Crippen LogP contribution in [0.15, 0.2) is 0 Å². The van der Waals surface area contributed by atoms with Gasteiger partial charge in [0.05, 0.1) is 12.1 Å². The molecule has 21 heavy (non-hydrogen) atoms. The molecule has 0 aromatic heterocycles. The Balaban J connectivity index is 2.86. The molecule has 116 valence electrons. The lowest BCUT2D eigenvalue weighted by Crippen LogP contribution is -2.66. The summed E-state index contributed by atoms with van der Waals surface area (Å²) >= 11 is 5.88. The molecule has 2 bridgehead atoms. The van der Waals surface area contributed by atoms with Crippen molar-refractivity contribution in [2.24, 2.45) is 22.7 Å². The molecule has 0 spiro atoms. The van der Waals surface area contributed by atoms with Crippen LogP contribution >= 0.6 is 31.9 Å². The van der Waals surface area contributed by atoms with Crippen LogP contribution in [0.25, 0.3) is 0 Å². The van der Waals surface area contributed by atoms with Crippen LogP contribution in [0, 0.1) is 45.3 Å². The van der Waals surface area contributed by atoms with Gasteiger partial charge in [-0.05, 0) is 12.3 Å². The topological polar surface area (TPSA) is 47.6 Å². The second-order valence-electron chi connectivity index (χ2n) is 5.17. The highest BCUT2D eigenvalue weighted by Gasteiger charge is 2.91. The minimum Gasteiger partial charge on any atom is -0.197 e. The summed E-state index contributed by atoms with van der Waals surface area (Å²) in [5.41, 5.74) is -7.54. The molecule has 4 unspecified atom stereocenters. The molecule has 0 aliphatic heterocycles. The first kappa shape index (κ1) is 16.9. The van der Waals surface area contributed by atoms with E-state index in [0.717, 1.165) is 12.1 Å². The summed E-state index contributed by atoms with van der Waals surface area (Å²) in [5, 5.41) is 18.2. The predicted octanol–water partition coefficient (Wildman–Crippen LogP) is 4.31. The first-order valence-corrected chi connectivity index (χ1v) is 7.49. The average Bonchev–Trinajstić information content (AvgIpc) is 2.80. The fraction of sp³-hybridized carbons (Fsp3) is 0.818. The highest BCUT2D eigenvalue weighted by Crippen LogP contribution is 2.77. The summed E-state index contributed by atoms with van der Waals surface area (Å²) in [7, 11) is 0. The maximum atomic E-state index is 13.5. The largest absolute Gasteiger partial charge is 0.406 e. The Hall–Kier alpha value is -0.480. The summed E-state index contributed by atoms with van der Waals surface area (Å²) in [6, 6.07) is 2.12. The van der Waals surface area contributed by atoms with E-state index in [1.807, 2.05) is 0 Å². The van der Waals surface area contributed by atoms with Gasteiger partial charge in [-0.2, -0.15) is 36.9 Å². The molecule has 0 heterocycles. The Labute approximate surface area is 132 Å². The number of halogens is 8. The van der Waals surface area contributed by atoms with Gasteiger partial charge in [0.25, 0.3) is 0 Å². The molecule has 10 heteroatoms. The smallest absolute Gasteiger partial charge is 0.197 e.